The Morgan fingerprint density at radius 2 is 1.82 bits per heavy atom. The fourth-order valence-electron chi connectivity index (χ4n) is 2.29. The molecule has 0 N–H and O–H groups in total. The third kappa shape index (κ3) is 3.32. The molecule has 1 heterocycles. The molecule has 0 spiro atoms. The van der Waals surface area contributed by atoms with Gasteiger partial charge in [0.15, 0.2) is 0 Å². The molecule has 0 saturated carbocycles. The summed E-state index contributed by atoms with van der Waals surface area (Å²) in [6.07, 6.45) is 2.39. The van der Waals surface area contributed by atoms with E-state index in [4.69, 9.17) is 27.9 Å². The van der Waals surface area contributed by atoms with Crippen molar-refractivity contribution in [2.24, 2.45) is 0 Å². The summed E-state index contributed by atoms with van der Waals surface area (Å²) in [6.45, 7) is 0.462. The van der Waals surface area contributed by atoms with Gasteiger partial charge in [0.2, 0.25) is 0 Å². The number of halogens is 3. The Kier molecular flexibility index (Phi) is 4.46. The van der Waals surface area contributed by atoms with Crippen LogP contribution in [0.5, 0.6) is 5.75 Å². The molecule has 5 heteroatoms. The largest absolute Gasteiger partial charge is 0.493 e. The second-order valence-electron chi connectivity index (χ2n) is 4.80. The minimum atomic E-state index is -0.281. The van der Waals surface area contributed by atoms with Crippen molar-refractivity contribution in [1.82, 2.24) is 4.98 Å². The molecule has 0 unspecified atom stereocenters. The first-order valence-corrected chi connectivity index (χ1v) is 7.50. The van der Waals surface area contributed by atoms with Crippen molar-refractivity contribution in [3.8, 4) is 5.75 Å². The van der Waals surface area contributed by atoms with Crippen LogP contribution in [-0.4, -0.2) is 11.6 Å². The molecule has 0 saturated heterocycles. The van der Waals surface area contributed by atoms with Gasteiger partial charge in [0.05, 0.1) is 17.1 Å². The van der Waals surface area contributed by atoms with Crippen LogP contribution in [0, 0.1) is 5.82 Å². The molecule has 112 valence electrons. The Bertz CT molecular complexity index is 806. The maximum atomic E-state index is 12.8. The first-order valence-electron chi connectivity index (χ1n) is 6.74. The molecule has 0 bridgehead atoms. The van der Waals surface area contributed by atoms with Gasteiger partial charge >= 0.3 is 0 Å². The fraction of sp³-hybridized carbons (Fsp3) is 0.118. The van der Waals surface area contributed by atoms with Gasteiger partial charge in [0.1, 0.15) is 11.6 Å². The van der Waals surface area contributed by atoms with E-state index in [1.54, 1.807) is 30.5 Å². The lowest BCUT2D eigenvalue weighted by atomic mass is 10.1. The third-order valence-corrected chi connectivity index (χ3v) is 3.81. The van der Waals surface area contributed by atoms with Crippen LogP contribution in [0.2, 0.25) is 10.0 Å². The maximum absolute atomic E-state index is 12.8. The Labute approximate surface area is 137 Å². The lowest BCUT2D eigenvalue weighted by Gasteiger charge is -2.10. The number of hydrogen-bond donors (Lipinski definition) is 0. The summed E-state index contributed by atoms with van der Waals surface area (Å²) in [7, 11) is 0. The quantitative estimate of drug-likeness (QED) is 0.645. The highest BCUT2D eigenvalue weighted by molar-refractivity contribution is 6.38. The topological polar surface area (TPSA) is 22.1 Å². The van der Waals surface area contributed by atoms with Crippen LogP contribution in [0.25, 0.3) is 10.9 Å². The van der Waals surface area contributed by atoms with Gasteiger partial charge in [0, 0.05) is 23.0 Å². The Hall–Kier alpha value is -1.84. The zero-order valence-corrected chi connectivity index (χ0v) is 13.0. The van der Waals surface area contributed by atoms with E-state index in [-0.39, 0.29) is 5.82 Å². The number of pyridine rings is 1. The van der Waals surface area contributed by atoms with Crippen LogP contribution in [0.4, 0.5) is 4.39 Å². The molecule has 0 aliphatic carbocycles. The van der Waals surface area contributed by atoms with Crippen LogP contribution < -0.4 is 4.74 Å². The van der Waals surface area contributed by atoms with E-state index in [0.29, 0.717) is 28.8 Å². The number of hydrogen-bond acceptors (Lipinski definition) is 2. The molecular weight excluding hydrogens is 324 g/mol. The van der Waals surface area contributed by atoms with Gasteiger partial charge in [0.25, 0.3) is 0 Å². The average Bonchev–Trinajstić information content (AvgIpc) is 2.49. The van der Waals surface area contributed by atoms with Gasteiger partial charge in [-0.05, 0) is 48.0 Å². The van der Waals surface area contributed by atoms with Gasteiger partial charge < -0.3 is 4.74 Å². The van der Waals surface area contributed by atoms with Crippen molar-refractivity contribution < 1.29 is 9.13 Å². The van der Waals surface area contributed by atoms with E-state index < -0.39 is 0 Å². The normalized spacial score (nSPS) is 10.9. The summed E-state index contributed by atoms with van der Waals surface area (Å²) < 4.78 is 18.5. The van der Waals surface area contributed by atoms with E-state index in [0.717, 1.165) is 16.5 Å². The van der Waals surface area contributed by atoms with Crippen molar-refractivity contribution in [3.05, 3.63) is 70.1 Å². The lowest BCUT2D eigenvalue weighted by Crippen LogP contribution is -2.02. The van der Waals surface area contributed by atoms with E-state index in [9.17, 15) is 4.39 Å². The van der Waals surface area contributed by atoms with Crippen LogP contribution in [0.3, 0.4) is 0 Å². The van der Waals surface area contributed by atoms with Gasteiger partial charge in [-0.3, -0.25) is 4.98 Å². The molecule has 0 atom stereocenters. The van der Waals surface area contributed by atoms with Crippen LogP contribution in [0.15, 0.2) is 48.7 Å². The summed E-state index contributed by atoms with van der Waals surface area (Å²) in [5, 5.41) is 2.02. The zero-order chi connectivity index (χ0) is 15.5. The van der Waals surface area contributed by atoms with Crippen molar-refractivity contribution >= 4 is 34.1 Å². The Morgan fingerprint density at radius 1 is 1.05 bits per heavy atom. The Balaban J connectivity index is 1.78. The molecule has 0 fully saturated rings. The lowest BCUT2D eigenvalue weighted by molar-refractivity contribution is 0.322. The fourth-order valence-corrected chi connectivity index (χ4v) is 2.89. The summed E-state index contributed by atoms with van der Waals surface area (Å²) >= 11 is 12.3. The molecular formula is C17H12Cl2FNO. The number of benzene rings is 2. The first kappa shape index (κ1) is 15.1. The SMILES string of the molecule is Fc1ccc(OCCc2ccnc3cc(Cl)cc(Cl)c23)cc1. The van der Waals surface area contributed by atoms with Gasteiger partial charge in [-0.1, -0.05) is 23.2 Å². The van der Waals surface area contributed by atoms with E-state index >= 15 is 0 Å². The molecule has 2 aromatic carbocycles. The van der Waals surface area contributed by atoms with Crippen molar-refractivity contribution in [3.63, 3.8) is 0 Å². The average molecular weight is 336 g/mol. The molecule has 3 aromatic rings. The number of aromatic nitrogens is 1. The third-order valence-electron chi connectivity index (χ3n) is 3.30. The number of nitrogens with zero attached hydrogens (tertiary/aromatic N) is 1. The molecule has 0 aliphatic heterocycles. The first-order chi connectivity index (χ1) is 10.6. The van der Waals surface area contributed by atoms with Crippen LogP contribution in [-0.2, 0) is 6.42 Å². The van der Waals surface area contributed by atoms with Crippen LogP contribution >= 0.6 is 23.2 Å². The summed E-state index contributed by atoms with van der Waals surface area (Å²) in [6, 6.07) is 11.4. The summed E-state index contributed by atoms with van der Waals surface area (Å²) in [5.74, 6) is 0.352. The van der Waals surface area contributed by atoms with Crippen LogP contribution in [0.1, 0.15) is 5.56 Å². The minimum Gasteiger partial charge on any atom is -0.493 e. The van der Waals surface area contributed by atoms with Crippen molar-refractivity contribution in [2.75, 3.05) is 6.61 Å². The number of rotatable bonds is 4. The number of ether oxygens (including phenoxy) is 1. The monoisotopic (exact) mass is 335 g/mol. The molecule has 0 amide bonds. The molecule has 1 aromatic heterocycles. The van der Waals surface area contributed by atoms with E-state index in [1.807, 2.05) is 6.07 Å². The predicted octanol–water partition coefficient (Wildman–Crippen LogP) is 5.30. The minimum absolute atomic E-state index is 0.281. The highest BCUT2D eigenvalue weighted by Gasteiger charge is 2.08. The highest BCUT2D eigenvalue weighted by atomic mass is 35.5. The highest BCUT2D eigenvalue weighted by Crippen LogP contribution is 2.29. The molecule has 2 nitrogen and oxygen atoms in total. The van der Waals surface area contributed by atoms with Crippen molar-refractivity contribution in [1.29, 1.82) is 0 Å². The van der Waals surface area contributed by atoms with Gasteiger partial charge in [-0.2, -0.15) is 0 Å². The van der Waals surface area contributed by atoms with E-state index in [1.165, 1.54) is 12.1 Å². The smallest absolute Gasteiger partial charge is 0.123 e. The van der Waals surface area contributed by atoms with Gasteiger partial charge in [-0.25, -0.2) is 4.39 Å². The summed E-state index contributed by atoms with van der Waals surface area (Å²) in [4.78, 5) is 4.29. The van der Waals surface area contributed by atoms with E-state index in [2.05, 4.69) is 4.98 Å². The van der Waals surface area contributed by atoms with Gasteiger partial charge in [-0.15, -0.1) is 0 Å². The molecule has 0 radical (unpaired) electrons. The zero-order valence-electron chi connectivity index (χ0n) is 11.5. The number of fused-ring (bicyclic) bond motifs is 1. The Morgan fingerprint density at radius 3 is 2.59 bits per heavy atom. The van der Waals surface area contributed by atoms with Crippen molar-refractivity contribution in [2.45, 2.75) is 6.42 Å². The molecule has 3 rings (SSSR count). The maximum Gasteiger partial charge on any atom is 0.123 e. The second kappa shape index (κ2) is 6.51. The summed E-state index contributed by atoms with van der Waals surface area (Å²) in [5.41, 5.74) is 1.80. The standard InChI is InChI=1S/C17H12Cl2FNO/c18-12-9-15(19)17-11(5-7-21-16(17)10-12)6-8-22-14-3-1-13(20)2-4-14/h1-5,7,9-10H,6,8H2. The molecule has 22 heavy (non-hydrogen) atoms. The molecule has 0 aliphatic rings. The second-order valence-corrected chi connectivity index (χ2v) is 5.65. The predicted molar refractivity (Wildman–Crippen MR) is 87.4 cm³/mol.